The molecule has 3 heteroatoms. The van der Waals surface area contributed by atoms with Gasteiger partial charge in [0.15, 0.2) is 0 Å². The van der Waals surface area contributed by atoms with E-state index in [0.717, 1.165) is 0 Å². The Balaban J connectivity index is 2.51. The quantitative estimate of drug-likeness (QED) is 0.613. The Bertz CT molecular complexity index is 144. The summed E-state index contributed by atoms with van der Waals surface area (Å²) in [4.78, 5) is 0. The van der Waals surface area contributed by atoms with Gasteiger partial charge in [0.1, 0.15) is 0 Å². The summed E-state index contributed by atoms with van der Waals surface area (Å²) in [6, 6.07) is 0. The van der Waals surface area contributed by atoms with Crippen LogP contribution >= 0.6 is 0 Å². The van der Waals surface area contributed by atoms with E-state index in [1.165, 1.54) is 0 Å². The van der Waals surface area contributed by atoms with Gasteiger partial charge in [-0.3, -0.25) is 0 Å². The first-order valence-electron chi connectivity index (χ1n) is 3.95. The SMILES string of the molecule is CCOC1(C)OCC(C)(C)O1. The van der Waals surface area contributed by atoms with Crippen molar-refractivity contribution in [3.05, 3.63) is 0 Å². The van der Waals surface area contributed by atoms with Crippen LogP contribution in [0.1, 0.15) is 27.7 Å². The van der Waals surface area contributed by atoms with Gasteiger partial charge >= 0.3 is 0 Å². The zero-order valence-corrected chi connectivity index (χ0v) is 7.64. The summed E-state index contributed by atoms with van der Waals surface area (Å²) in [5.41, 5.74) is -0.218. The molecule has 1 atom stereocenters. The molecular weight excluding hydrogens is 144 g/mol. The lowest BCUT2D eigenvalue weighted by molar-refractivity contribution is -0.330. The van der Waals surface area contributed by atoms with E-state index >= 15 is 0 Å². The van der Waals surface area contributed by atoms with E-state index in [2.05, 4.69) is 0 Å². The van der Waals surface area contributed by atoms with Crippen molar-refractivity contribution in [2.75, 3.05) is 13.2 Å². The predicted molar refractivity (Wildman–Crippen MR) is 41.1 cm³/mol. The molecule has 0 radical (unpaired) electrons. The first kappa shape index (κ1) is 8.97. The second-order valence-corrected chi connectivity index (χ2v) is 3.45. The van der Waals surface area contributed by atoms with Crippen LogP contribution in [0.5, 0.6) is 0 Å². The number of ether oxygens (including phenoxy) is 3. The maximum atomic E-state index is 5.53. The fourth-order valence-electron chi connectivity index (χ4n) is 1.20. The van der Waals surface area contributed by atoms with Gasteiger partial charge in [0.2, 0.25) is 0 Å². The lowest BCUT2D eigenvalue weighted by Gasteiger charge is -2.24. The summed E-state index contributed by atoms with van der Waals surface area (Å²) < 4.78 is 16.2. The van der Waals surface area contributed by atoms with Gasteiger partial charge in [0.25, 0.3) is 5.97 Å². The van der Waals surface area contributed by atoms with Crippen molar-refractivity contribution in [2.45, 2.75) is 39.3 Å². The Morgan fingerprint density at radius 1 is 1.36 bits per heavy atom. The Morgan fingerprint density at radius 3 is 2.36 bits per heavy atom. The Hall–Kier alpha value is -0.120. The van der Waals surface area contributed by atoms with E-state index < -0.39 is 5.97 Å². The maximum Gasteiger partial charge on any atom is 0.280 e. The van der Waals surface area contributed by atoms with Crippen LogP contribution in [0.2, 0.25) is 0 Å². The smallest absolute Gasteiger partial charge is 0.280 e. The monoisotopic (exact) mass is 160 g/mol. The third kappa shape index (κ3) is 2.15. The fourth-order valence-corrected chi connectivity index (χ4v) is 1.20. The van der Waals surface area contributed by atoms with Crippen molar-refractivity contribution in [3.8, 4) is 0 Å². The van der Waals surface area contributed by atoms with Crippen LogP contribution in [-0.4, -0.2) is 24.8 Å². The molecule has 1 saturated heterocycles. The summed E-state index contributed by atoms with van der Waals surface area (Å²) >= 11 is 0. The normalized spacial score (nSPS) is 36.0. The van der Waals surface area contributed by atoms with Crippen LogP contribution in [0.15, 0.2) is 0 Å². The number of rotatable bonds is 2. The van der Waals surface area contributed by atoms with Crippen LogP contribution in [0.25, 0.3) is 0 Å². The van der Waals surface area contributed by atoms with Gasteiger partial charge in [-0.05, 0) is 20.8 Å². The van der Waals surface area contributed by atoms with Crippen molar-refractivity contribution < 1.29 is 14.2 Å². The van der Waals surface area contributed by atoms with E-state index in [9.17, 15) is 0 Å². The van der Waals surface area contributed by atoms with Gasteiger partial charge in [0.05, 0.1) is 12.2 Å². The van der Waals surface area contributed by atoms with Crippen LogP contribution in [0.4, 0.5) is 0 Å². The van der Waals surface area contributed by atoms with Crippen LogP contribution in [-0.2, 0) is 14.2 Å². The molecule has 0 aromatic carbocycles. The fraction of sp³-hybridized carbons (Fsp3) is 1.00. The Kier molecular flexibility index (Phi) is 2.23. The Morgan fingerprint density at radius 2 is 2.00 bits per heavy atom. The third-order valence-electron chi connectivity index (χ3n) is 1.55. The molecule has 0 saturated carbocycles. The van der Waals surface area contributed by atoms with Crippen LogP contribution < -0.4 is 0 Å². The molecular formula is C8H16O3. The van der Waals surface area contributed by atoms with Crippen molar-refractivity contribution >= 4 is 0 Å². The van der Waals surface area contributed by atoms with Crippen molar-refractivity contribution in [1.82, 2.24) is 0 Å². The van der Waals surface area contributed by atoms with Gasteiger partial charge in [-0.15, -0.1) is 0 Å². The highest BCUT2D eigenvalue weighted by Gasteiger charge is 2.42. The highest BCUT2D eigenvalue weighted by atomic mass is 16.9. The molecule has 11 heavy (non-hydrogen) atoms. The lowest BCUT2D eigenvalue weighted by Crippen LogP contribution is -2.32. The van der Waals surface area contributed by atoms with E-state index in [4.69, 9.17) is 14.2 Å². The van der Waals surface area contributed by atoms with Crippen molar-refractivity contribution in [3.63, 3.8) is 0 Å². The van der Waals surface area contributed by atoms with Gasteiger partial charge in [0, 0.05) is 13.5 Å². The molecule has 1 fully saturated rings. The minimum absolute atomic E-state index is 0.218. The van der Waals surface area contributed by atoms with E-state index in [-0.39, 0.29) is 5.60 Å². The van der Waals surface area contributed by atoms with Gasteiger partial charge in [-0.25, -0.2) is 0 Å². The summed E-state index contributed by atoms with van der Waals surface area (Å²) in [6.45, 7) is 8.87. The van der Waals surface area contributed by atoms with Gasteiger partial charge in [-0.2, -0.15) is 0 Å². The summed E-state index contributed by atoms with van der Waals surface area (Å²) in [7, 11) is 0. The average molecular weight is 160 g/mol. The first-order chi connectivity index (χ1) is 4.97. The highest BCUT2D eigenvalue weighted by molar-refractivity contribution is 4.76. The van der Waals surface area contributed by atoms with Crippen LogP contribution in [0.3, 0.4) is 0 Å². The summed E-state index contributed by atoms with van der Waals surface area (Å²) in [5, 5.41) is 0. The highest BCUT2D eigenvalue weighted by Crippen LogP contribution is 2.31. The lowest BCUT2D eigenvalue weighted by atomic mass is 10.2. The molecule has 0 N–H and O–H groups in total. The second-order valence-electron chi connectivity index (χ2n) is 3.45. The molecule has 1 aliphatic heterocycles. The van der Waals surface area contributed by atoms with E-state index in [1.807, 2.05) is 20.8 Å². The molecule has 0 bridgehead atoms. The molecule has 0 aromatic rings. The minimum Gasteiger partial charge on any atom is -0.328 e. The molecule has 1 heterocycles. The molecule has 3 nitrogen and oxygen atoms in total. The van der Waals surface area contributed by atoms with Crippen molar-refractivity contribution in [2.24, 2.45) is 0 Å². The molecule has 1 unspecified atom stereocenters. The summed E-state index contributed by atoms with van der Waals surface area (Å²) in [5.74, 6) is -0.821. The van der Waals surface area contributed by atoms with Crippen LogP contribution in [0, 0.1) is 0 Å². The topological polar surface area (TPSA) is 27.7 Å². The molecule has 0 aromatic heterocycles. The van der Waals surface area contributed by atoms with Gasteiger partial charge in [-0.1, -0.05) is 0 Å². The average Bonchev–Trinajstić information content (AvgIpc) is 2.07. The zero-order chi connectivity index (χ0) is 8.54. The maximum absolute atomic E-state index is 5.53. The minimum atomic E-state index is -0.821. The summed E-state index contributed by atoms with van der Waals surface area (Å²) in [6.07, 6.45) is 0. The van der Waals surface area contributed by atoms with E-state index in [1.54, 1.807) is 6.92 Å². The molecule has 0 spiro atoms. The standard InChI is InChI=1S/C8H16O3/c1-5-9-8(4)10-6-7(2,3)11-8/h5-6H2,1-4H3. The Labute approximate surface area is 67.6 Å². The first-order valence-corrected chi connectivity index (χ1v) is 3.95. The van der Waals surface area contributed by atoms with Gasteiger partial charge < -0.3 is 14.2 Å². The number of hydrogen-bond acceptors (Lipinski definition) is 3. The molecule has 1 aliphatic rings. The molecule has 66 valence electrons. The van der Waals surface area contributed by atoms with Crippen molar-refractivity contribution in [1.29, 1.82) is 0 Å². The molecule has 0 aliphatic carbocycles. The number of hydrogen-bond donors (Lipinski definition) is 0. The second kappa shape index (κ2) is 2.73. The largest absolute Gasteiger partial charge is 0.328 e. The van der Waals surface area contributed by atoms with E-state index in [0.29, 0.717) is 13.2 Å². The predicted octanol–water partition coefficient (Wildman–Crippen LogP) is 1.52. The molecule has 1 rings (SSSR count). The molecule has 0 amide bonds. The zero-order valence-electron chi connectivity index (χ0n) is 7.64. The third-order valence-corrected chi connectivity index (χ3v) is 1.55.